The molecule has 0 saturated carbocycles. The van der Waals surface area contributed by atoms with E-state index in [1.807, 2.05) is 29.2 Å². The number of halogens is 2. The molecular formula is C27H23Br2N3O4S2. The highest BCUT2D eigenvalue weighted by Crippen LogP contribution is 2.54. The highest BCUT2D eigenvalue weighted by Gasteiger charge is 2.56. The third-order valence-electron chi connectivity index (χ3n) is 7.34. The number of amides is 3. The fraction of sp³-hybridized carbons (Fsp3) is 0.333. The van der Waals surface area contributed by atoms with Crippen LogP contribution in [0.25, 0.3) is 0 Å². The van der Waals surface area contributed by atoms with Gasteiger partial charge >= 0.3 is 4.87 Å². The molecule has 1 aromatic heterocycles. The Morgan fingerprint density at radius 1 is 0.921 bits per heavy atom. The quantitative estimate of drug-likeness (QED) is 0.353. The summed E-state index contributed by atoms with van der Waals surface area (Å²) in [6.45, 7) is 1.35. The molecule has 2 fully saturated rings. The van der Waals surface area contributed by atoms with E-state index in [2.05, 4.69) is 31.9 Å². The first kappa shape index (κ1) is 26.0. The maximum atomic E-state index is 13.9. The fourth-order valence-electron chi connectivity index (χ4n) is 5.54. The van der Waals surface area contributed by atoms with Crippen molar-refractivity contribution in [3.63, 3.8) is 0 Å². The second-order valence-corrected chi connectivity index (χ2v) is 13.6. The molecule has 0 spiro atoms. The lowest BCUT2D eigenvalue weighted by molar-refractivity contribution is -0.133. The van der Waals surface area contributed by atoms with Crippen LogP contribution in [0, 0.1) is 5.92 Å². The summed E-state index contributed by atoms with van der Waals surface area (Å²) >= 11 is 9.27. The van der Waals surface area contributed by atoms with Crippen molar-refractivity contribution in [3.05, 3.63) is 77.6 Å². The molecule has 0 unspecified atom stereocenters. The number of benzene rings is 2. The summed E-state index contributed by atoms with van der Waals surface area (Å²) < 4.78 is 3.21. The number of likely N-dealkylation sites (tertiary alicyclic amines) is 1. The molecule has 3 aliphatic heterocycles. The number of piperidine rings is 1. The number of hydrogen-bond donors (Lipinski definition) is 0. The maximum Gasteiger partial charge on any atom is 0.308 e. The Kier molecular flexibility index (Phi) is 7.13. The first-order valence-corrected chi connectivity index (χ1v) is 15.7. The van der Waals surface area contributed by atoms with E-state index in [4.69, 9.17) is 0 Å². The zero-order valence-corrected chi connectivity index (χ0v) is 24.9. The van der Waals surface area contributed by atoms with Gasteiger partial charge in [0, 0.05) is 32.8 Å². The van der Waals surface area contributed by atoms with Gasteiger partial charge in [0.05, 0.1) is 16.6 Å². The zero-order chi connectivity index (χ0) is 26.6. The zero-order valence-electron chi connectivity index (χ0n) is 20.1. The summed E-state index contributed by atoms with van der Waals surface area (Å²) in [6, 6.07) is 14.8. The first-order chi connectivity index (χ1) is 18.3. The number of nitrogens with zero attached hydrogens (tertiary/aromatic N) is 3. The molecule has 2 aromatic carbocycles. The van der Waals surface area contributed by atoms with Crippen molar-refractivity contribution < 1.29 is 14.4 Å². The fourth-order valence-corrected chi connectivity index (χ4v) is 8.99. The van der Waals surface area contributed by atoms with Gasteiger partial charge in [0.2, 0.25) is 17.7 Å². The number of thioether (sulfide) groups is 1. The van der Waals surface area contributed by atoms with E-state index in [-0.39, 0.29) is 29.1 Å². The van der Waals surface area contributed by atoms with Crippen molar-refractivity contribution >= 4 is 78.4 Å². The summed E-state index contributed by atoms with van der Waals surface area (Å²) in [5.74, 6) is -1.80. The van der Waals surface area contributed by atoms with Crippen LogP contribution in [0.3, 0.4) is 0 Å². The molecule has 38 heavy (non-hydrogen) atoms. The number of hydrogen-bond acceptors (Lipinski definition) is 6. The van der Waals surface area contributed by atoms with Gasteiger partial charge in [0.15, 0.2) is 0 Å². The Labute approximate surface area is 244 Å². The highest BCUT2D eigenvalue weighted by atomic mass is 79.9. The minimum absolute atomic E-state index is 0.0567. The van der Waals surface area contributed by atoms with E-state index in [0.29, 0.717) is 23.8 Å². The standard InChI is InChI=1S/C27H23Br2N3O4S2/c28-16-7-9-18(10-8-16)32-24(34)21-20(15-5-4-6-17(29)13-15)23-26(37-22(21)25(32)35)31(27(36)38-23)14-19(33)30-11-2-1-3-12-30/h4-10,13,20-22H,1-3,11-12,14H2/t20-,21-,22+/m0/s1. The smallest absolute Gasteiger partial charge is 0.308 e. The molecule has 0 N–H and O–H groups in total. The van der Waals surface area contributed by atoms with Gasteiger partial charge in [-0.1, -0.05) is 67.1 Å². The van der Waals surface area contributed by atoms with Crippen LogP contribution in [0.5, 0.6) is 0 Å². The predicted octanol–water partition coefficient (Wildman–Crippen LogP) is 5.24. The van der Waals surface area contributed by atoms with Gasteiger partial charge < -0.3 is 4.90 Å². The van der Waals surface area contributed by atoms with Crippen molar-refractivity contribution in [2.45, 2.75) is 42.0 Å². The van der Waals surface area contributed by atoms with Crippen LogP contribution in [0.15, 0.2) is 67.3 Å². The second kappa shape index (κ2) is 10.4. The van der Waals surface area contributed by atoms with E-state index >= 15 is 0 Å². The molecule has 0 bridgehead atoms. The van der Waals surface area contributed by atoms with Crippen LogP contribution in [-0.4, -0.2) is 45.5 Å². The van der Waals surface area contributed by atoms with Crippen LogP contribution in [-0.2, 0) is 20.9 Å². The first-order valence-electron chi connectivity index (χ1n) is 12.4. The van der Waals surface area contributed by atoms with Crippen LogP contribution >= 0.6 is 55.0 Å². The largest absolute Gasteiger partial charge is 0.341 e. The Morgan fingerprint density at radius 2 is 1.66 bits per heavy atom. The number of aromatic nitrogens is 1. The molecule has 0 radical (unpaired) electrons. The van der Waals surface area contributed by atoms with Crippen LogP contribution < -0.4 is 9.77 Å². The number of imide groups is 1. The van der Waals surface area contributed by atoms with E-state index < -0.39 is 17.1 Å². The normalized spacial score (nSPS) is 22.9. The summed E-state index contributed by atoms with van der Waals surface area (Å²) in [6.07, 6.45) is 3.04. The number of anilines is 1. The molecule has 11 heteroatoms. The van der Waals surface area contributed by atoms with Crippen LogP contribution in [0.1, 0.15) is 35.6 Å². The lowest BCUT2D eigenvalue weighted by atomic mass is 9.83. The number of carbonyl (C=O) groups is 3. The van der Waals surface area contributed by atoms with Crippen molar-refractivity contribution in [2.24, 2.45) is 5.92 Å². The third kappa shape index (κ3) is 4.51. The minimum atomic E-state index is -0.701. The van der Waals surface area contributed by atoms with E-state index in [0.717, 1.165) is 50.0 Å². The highest BCUT2D eigenvalue weighted by molar-refractivity contribution is 9.10. The van der Waals surface area contributed by atoms with Gasteiger partial charge in [0.1, 0.15) is 11.8 Å². The second-order valence-electron chi connectivity index (χ2n) is 9.65. The number of rotatable bonds is 4. The van der Waals surface area contributed by atoms with Crippen molar-refractivity contribution in [3.8, 4) is 0 Å². The number of thiazole rings is 1. The van der Waals surface area contributed by atoms with Crippen molar-refractivity contribution in [2.75, 3.05) is 18.0 Å². The molecule has 2 saturated heterocycles. The van der Waals surface area contributed by atoms with Gasteiger partial charge in [-0.15, -0.1) is 0 Å². The van der Waals surface area contributed by atoms with Gasteiger partial charge in [-0.3, -0.25) is 23.7 Å². The van der Waals surface area contributed by atoms with E-state index in [1.54, 1.807) is 24.3 Å². The Bertz CT molecular complexity index is 1500. The van der Waals surface area contributed by atoms with Gasteiger partial charge in [-0.05, 0) is 61.2 Å². The number of fused-ring (bicyclic) bond motifs is 2. The van der Waals surface area contributed by atoms with E-state index in [1.165, 1.54) is 21.2 Å². The molecule has 0 aliphatic carbocycles. The summed E-state index contributed by atoms with van der Waals surface area (Å²) in [7, 11) is 0. The Hall–Kier alpha value is -2.21. The topological polar surface area (TPSA) is 79.7 Å². The SMILES string of the molecule is O=C(Cn1c2c(sc1=O)[C@@H](c1cccc(Br)c1)[C@@H]1C(=O)N(c3ccc(Br)cc3)C(=O)[C@@H]1S2)N1CCCCC1. The van der Waals surface area contributed by atoms with Gasteiger partial charge in [-0.2, -0.15) is 0 Å². The van der Waals surface area contributed by atoms with Crippen molar-refractivity contribution in [1.29, 1.82) is 0 Å². The predicted molar refractivity (Wildman–Crippen MR) is 155 cm³/mol. The molecule has 3 atom stereocenters. The van der Waals surface area contributed by atoms with Gasteiger partial charge in [0.25, 0.3) is 0 Å². The molecule has 3 aliphatic rings. The van der Waals surface area contributed by atoms with Crippen molar-refractivity contribution in [1.82, 2.24) is 9.47 Å². The molecule has 3 amide bonds. The van der Waals surface area contributed by atoms with Gasteiger partial charge in [-0.25, -0.2) is 4.90 Å². The molecular weight excluding hydrogens is 654 g/mol. The monoisotopic (exact) mass is 675 g/mol. The molecule has 196 valence electrons. The lowest BCUT2D eigenvalue weighted by Crippen LogP contribution is -2.39. The van der Waals surface area contributed by atoms with Crippen LogP contribution in [0.4, 0.5) is 5.69 Å². The maximum absolute atomic E-state index is 13.9. The summed E-state index contributed by atoms with van der Waals surface area (Å²) in [5.41, 5.74) is 1.37. The molecule has 7 nitrogen and oxygen atoms in total. The van der Waals surface area contributed by atoms with Crippen LogP contribution in [0.2, 0.25) is 0 Å². The molecule has 4 heterocycles. The summed E-state index contributed by atoms with van der Waals surface area (Å²) in [5, 5.41) is -0.0802. The summed E-state index contributed by atoms with van der Waals surface area (Å²) in [4.78, 5) is 57.7. The average Bonchev–Trinajstić information content (AvgIpc) is 3.36. The molecule has 3 aromatic rings. The number of carbonyl (C=O) groups excluding carboxylic acids is 3. The minimum Gasteiger partial charge on any atom is -0.341 e. The Morgan fingerprint density at radius 3 is 2.37 bits per heavy atom. The third-order valence-corrected chi connectivity index (χ3v) is 11.0. The Balaban J connectivity index is 1.44. The average molecular weight is 677 g/mol. The van der Waals surface area contributed by atoms with E-state index in [9.17, 15) is 19.2 Å². The molecule has 6 rings (SSSR count). The lowest BCUT2D eigenvalue weighted by Gasteiger charge is -2.31.